The minimum Gasteiger partial charge on any atom is -0.465 e. The molecule has 0 aromatic heterocycles. The quantitative estimate of drug-likeness (QED) is 0.204. The molecule has 0 fully saturated rings. The van der Waals surface area contributed by atoms with Crippen LogP contribution in [0.2, 0.25) is 20.1 Å². The maximum atomic E-state index is 11.8. The lowest BCUT2D eigenvalue weighted by Gasteiger charge is -2.58. The van der Waals surface area contributed by atoms with Crippen molar-refractivity contribution in [2.75, 3.05) is 6.61 Å². The zero-order valence-electron chi connectivity index (χ0n) is 17.7. The number of hydrogen-bond donors (Lipinski definition) is 0. The minimum atomic E-state index is -0.755. The summed E-state index contributed by atoms with van der Waals surface area (Å²) in [5.74, 6) is -0.456. The molecule has 0 heterocycles. The predicted molar refractivity (Wildman–Crippen MR) is 131 cm³/mol. The summed E-state index contributed by atoms with van der Waals surface area (Å²) in [6, 6.07) is 16.6. The van der Waals surface area contributed by atoms with Crippen molar-refractivity contribution in [1.29, 1.82) is 0 Å². The van der Waals surface area contributed by atoms with Crippen LogP contribution in [0.5, 0.6) is 0 Å². The largest absolute Gasteiger partial charge is 0.465 e. The summed E-state index contributed by atoms with van der Waals surface area (Å²) in [6.07, 6.45) is 0. The van der Waals surface area contributed by atoms with Gasteiger partial charge in [0.25, 0.3) is 0 Å². The highest BCUT2D eigenvalue weighted by Crippen LogP contribution is 2.68. The average molecular weight is 506 g/mol. The standard InChI is InChI=1S/C26H20Cl4O2/c1-13(31)32-12-25(2,3)26-16-10-6-4-8-14(16)18(15-9-5-7-11-17(15)26)19-20(26)22(28)24(30)23(29)21(19)27/h4-11,18H,12H2,1-3H3. The Hall–Kier alpha value is -1.71. The maximum Gasteiger partial charge on any atom is 0.302 e. The Morgan fingerprint density at radius 3 is 1.91 bits per heavy atom. The van der Waals surface area contributed by atoms with Crippen LogP contribution in [0.15, 0.2) is 48.5 Å². The van der Waals surface area contributed by atoms with Gasteiger partial charge in [0.15, 0.2) is 0 Å². The number of ether oxygens (including phenoxy) is 1. The lowest BCUT2D eigenvalue weighted by atomic mass is 9.45. The first kappa shape index (κ1) is 22.1. The smallest absolute Gasteiger partial charge is 0.302 e. The second-order valence-electron chi connectivity index (χ2n) is 9.07. The maximum absolute atomic E-state index is 11.8. The Bertz CT molecular complexity index is 1250. The fraction of sp³-hybridized carbons (Fsp3) is 0.269. The Kier molecular flexibility index (Phi) is 5.11. The number of benzene rings is 3. The molecule has 0 unspecified atom stereocenters. The molecule has 32 heavy (non-hydrogen) atoms. The normalized spacial score (nSPS) is 20.4. The number of rotatable bonds is 3. The zero-order chi connectivity index (χ0) is 23.0. The Labute approximate surface area is 207 Å². The number of esters is 1. The van der Waals surface area contributed by atoms with Crippen molar-refractivity contribution in [2.45, 2.75) is 32.1 Å². The summed E-state index contributed by atoms with van der Waals surface area (Å²) >= 11 is 27.1. The number of carbonyl (C=O) groups excluding carboxylic acids is 1. The van der Waals surface area contributed by atoms with Gasteiger partial charge in [0.05, 0.1) is 32.1 Å². The lowest BCUT2D eigenvalue weighted by Crippen LogP contribution is -2.53. The highest BCUT2D eigenvalue weighted by molar-refractivity contribution is 6.52. The van der Waals surface area contributed by atoms with Gasteiger partial charge in [0.2, 0.25) is 0 Å². The van der Waals surface area contributed by atoms with Crippen LogP contribution in [-0.2, 0) is 14.9 Å². The fourth-order valence-corrected chi connectivity index (χ4v) is 6.94. The molecule has 3 aliphatic rings. The second-order valence-corrected chi connectivity index (χ2v) is 10.6. The molecule has 6 heteroatoms. The number of hydrogen-bond acceptors (Lipinski definition) is 2. The molecule has 3 aromatic rings. The summed E-state index contributed by atoms with van der Waals surface area (Å²) in [5.41, 5.74) is 4.88. The highest BCUT2D eigenvalue weighted by Gasteiger charge is 2.61. The summed E-state index contributed by atoms with van der Waals surface area (Å²) in [6.45, 7) is 5.78. The monoisotopic (exact) mass is 504 g/mol. The number of carbonyl (C=O) groups is 1. The third kappa shape index (κ3) is 2.64. The molecule has 0 saturated heterocycles. The Morgan fingerprint density at radius 1 is 0.875 bits per heavy atom. The molecular formula is C26H20Cl4O2. The zero-order valence-corrected chi connectivity index (χ0v) is 20.8. The predicted octanol–water partition coefficient (Wildman–Crippen LogP) is 8.03. The first-order valence-corrected chi connectivity index (χ1v) is 11.8. The molecule has 2 nitrogen and oxygen atoms in total. The van der Waals surface area contributed by atoms with Gasteiger partial charge in [0, 0.05) is 18.3 Å². The summed E-state index contributed by atoms with van der Waals surface area (Å²) in [5, 5.41) is 1.30. The van der Waals surface area contributed by atoms with Crippen LogP contribution in [0.4, 0.5) is 0 Å². The fourth-order valence-electron chi connectivity index (χ4n) is 5.82. The molecule has 0 spiro atoms. The van der Waals surface area contributed by atoms with Crippen LogP contribution < -0.4 is 0 Å². The first-order chi connectivity index (χ1) is 15.1. The SMILES string of the molecule is CC(=O)OCC(C)(C)C12c3ccccc3C(c3ccccc31)c1c(Cl)c(Cl)c(Cl)c(Cl)c12. The van der Waals surface area contributed by atoms with Gasteiger partial charge < -0.3 is 4.74 Å². The second kappa shape index (κ2) is 7.40. The van der Waals surface area contributed by atoms with Crippen LogP contribution in [0.1, 0.15) is 60.1 Å². The van der Waals surface area contributed by atoms with E-state index in [0.29, 0.717) is 10.0 Å². The summed E-state index contributed by atoms with van der Waals surface area (Å²) in [4.78, 5) is 11.8. The van der Waals surface area contributed by atoms with Crippen molar-refractivity contribution in [1.82, 2.24) is 0 Å². The third-order valence-corrected chi connectivity index (χ3v) is 8.79. The van der Waals surface area contributed by atoms with Crippen LogP contribution in [0.25, 0.3) is 0 Å². The molecule has 0 saturated carbocycles. The molecule has 164 valence electrons. The highest BCUT2D eigenvalue weighted by atomic mass is 35.5. The molecule has 0 N–H and O–H groups in total. The molecule has 6 rings (SSSR count). The van der Waals surface area contributed by atoms with Crippen LogP contribution in [-0.4, -0.2) is 12.6 Å². The molecule has 2 bridgehead atoms. The van der Waals surface area contributed by atoms with Crippen LogP contribution in [0, 0.1) is 5.41 Å². The van der Waals surface area contributed by atoms with E-state index in [1.165, 1.54) is 6.92 Å². The average Bonchev–Trinajstić information content (AvgIpc) is 2.79. The van der Waals surface area contributed by atoms with Gasteiger partial charge in [-0.2, -0.15) is 0 Å². The van der Waals surface area contributed by atoms with E-state index in [4.69, 9.17) is 51.1 Å². The lowest BCUT2D eigenvalue weighted by molar-refractivity contribution is -0.144. The molecule has 3 aromatic carbocycles. The van der Waals surface area contributed by atoms with Crippen molar-refractivity contribution in [3.05, 3.63) is 102 Å². The number of halogens is 4. The van der Waals surface area contributed by atoms with Crippen LogP contribution in [0.3, 0.4) is 0 Å². The molecule has 0 radical (unpaired) electrons. The minimum absolute atomic E-state index is 0.122. The van der Waals surface area contributed by atoms with E-state index in [9.17, 15) is 4.79 Å². The van der Waals surface area contributed by atoms with E-state index in [2.05, 4.69) is 38.1 Å². The van der Waals surface area contributed by atoms with Gasteiger partial charge in [-0.05, 0) is 33.4 Å². The van der Waals surface area contributed by atoms with Gasteiger partial charge in [-0.3, -0.25) is 4.79 Å². The molecule has 3 aliphatic carbocycles. The van der Waals surface area contributed by atoms with E-state index < -0.39 is 10.8 Å². The van der Waals surface area contributed by atoms with Gasteiger partial charge in [-0.25, -0.2) is 0 Å². The van der Waals surface area contributed by atoms with Gasteiger partial charge in [-0.1, -0.05) is 109 Å². The van der Waals surface area contributed by atoms with Crippen molar-refractivity contribution in [3.8, 4) is 0 Å². The molecule has 0 aliphatic heterocycles. The Balaban J connectivity index is 2.00. The summed E-state index contributed by atoms with van der Waals surface area (Å²) < 4.78 is 5.60. The van der Waals surface area contributed by atoms with Crippen molar-refractivity contribution < 1.29 is 9.53 Å². The Morgan fingerprint density at radius 2 is 1.38 bits per heavy atom. The molecular weight excluding hydrogens is 486 g/mol. The van der Waals surface area contributed by atoms with Crippen molar-refractivity contribution in [2.24, 2.45) is 5.41 Å². The molecule has 0 amide bonds. The summed E-state index contributed by atoms with van der Waals surface area (Å²) in [7, 11) is 0. The van der Waals surface area contributed by atoms with E-state index in [0.717, 1.165) is 33.4 Å². The van der Waals surface area contributed by atoms with Crippen molar-refractivity contribution in [3.63, 3.8) is 0 Å². The van der Waals surface area contributed by atoms with Crippen LogP contribution >= 0.6 is 46.4 Å². The topological polar surface area (TPSA) is 26.3 Å². The van der Waals surface area contributed by atoms with E-state index in [-0.39, 0.29) is 28.5 Å². The van der Waals surface area contributed by atoms with Crippen molar-refractivity contribution >= 4 is 52.4 Å². The first-order valence-electron chi connectivity index (χ1n) is 10.3. The van der Waals surface area contributed by atoms with Gasteiger partial charge in [-0.15, -0.1) is 0 Å². The third-order valence-electron chi connectivity index (χ3n) is 6.97. The molecule has 0 atom stereocenters. The van der Waals surface area contributed by atoms with Gasteiger partial charge >= 0.3 is 5.97 Å². The van der Waals surface area contributed by atoms with Gasteiger partial charge in [0.1, 0.15) is 0 Å². The van der Waals surface area contributed by atoms with E-state index in [1.54, 1.807) is 0 Å². The van der Waals surface area contributed by atoms with E-state index >= 15 is 0 Å². The van der Waals surface area contributed by atoms with E-state index in [1.807, 2.05) is 24.3 Å².